The van der Waals surface area contributed by atoms with Gasteiger partial charge in [-0.05, 0) is 46.0 Å². The summed E-state index contributed by atoms with van der Waals surface area (Å²) in [5, 5.41) is 14.7. The molecule has 1 aromatic heterocycles. The van der Waals surface area contributed by atoms with Crippen molar-refractivity contribution in [2.45, 2.75) is 24.5 Å². The Hall–Kier alpha value is -4.53. The molecule has 2 N–H and O–H groups in total. The van der Waals surface area contributed by atoms with E-state index in [4.69, 9.17) is 4.42 Å². The van der Waals surface area contributed by atoms with Gasteiger partial charge in [-0.15, -0.1) is 0 Å². The molecule has 6 rings (SSSR count). The summed E-state index contributed by atoms with van der Waals surface area (Å²) in [5.41, 5.74) is 6.96. The van der Waals surface area contributed by atoms with Crippen molar-refractivity contribution in [2.24, 2.45) is 0 Å². The summed E-state index contributed by atoms with van der Waals surface area (Å²) in [6, 6.07) is 34.8. The number of alkyl halides is 3. The molecule has 0 fully saturated rings. The van der Waals surface area contributed by atoms with Gasteiger partial charge < -0.3 is 9.52 Å². The van der Waals surface area contributed by atoms with Crippen LogP contribution in [0.3, 0.4) is 0 Å². The molecule has 0 spiro atoms. The summed E-state index contributed by atoms with van der Waals surface area (Å²) in [5.74, 6) is -0.0522. The maximum atomic E-state index is 12.8. The van der Waals surface area contributed by atoms with Crippen LogP contribution in [-0.2, 0) is 23.3 Å². The largest absolute Gasteiger partial charge is 0.480 e. The molecule has 0 aliphatic heterocycles. The molecule has 6 aromatic rings. The van der Waals surface area contributed by atoms with E-state index < -0.39 is 23.8 Å². The number of benzene rings is 5. The SMILES string of the molecule is O=C(O)[C@H](CSCc1ccc(-c2ccc(-c3cccc4c3oc3ccccc34)cc2)cc1)NCc1ccc(C(F)(F)F)cc1. The van der Waals surface area contributed by atoms with Crippen molar-refractivity contribution in [3.8, 4) is 22.3 Å². The number of rotatable bonds is 10. The average molecular weight is 612 g/mol. The topological polar surface area (TPSA) is 62.5 Å². The van der Waals surface area contributed by atoms with Crippen molar-refractivity contribution >= 4 is 39.7 Å². The second-order valence-corrected chi connectivity index (χ2v) is 11.6. The van der Waals surface area contributed by atoms with Crippen LogP contribution >= 0.6 is 11.8 Å². The predicted octanol–water partition coefficient (Wildman–Crippen LogP) is 9.41. The van der Waals surface area contributed by atoms with Crippen molar-refractivity contribution in [3.05, 3.63) is 132 Å². The molecular weight excluding hydrogens is 583 g/mol. The number of hydrogen-bond donors (Lipinski definition) is 2. The third-order valence-corrected chi connectivity index (χ3v) is 8.68. The number of para-hydroxylation sites is 2. The highest BCUT2D eigenvalue weighted by atomic mass is 32.2. The van der Waals surface area contributed by atoms with Gasteiger partial charge in [0.25, 0.3) is 0 Å². The lowest BCUT2D eigenvalue weighted by molar-refractivity contribution is -0.139. The van der Waals surface area contributed by atoms with Gasteiger partial charge in [-0.25, -0.2) is 0 Å². The average Bonchev–Trinajstić information content (AvgIpc) is 3.42. The molecule has 0 aliphatic carbocycles. The second kappa shape index (κ2) is 12.6. The number of thioether (sulfide) groups is 1. The Labute approximate surface area is 256 Å². The van der Waals surface area contributed by atoms with E-state index >= 15 is 0 Å². The molecule has 44 heavy (non-hydrogen) atoms. The third-order valence-electron chi connectivity index (χ3n) is 7.57. The molecule has 0 saturated heterocycles. The van der Waals surface area contributed by atoms with Crippen LogP contribution in [0.2, 0.25) is 0 Å². The molecule has 222 valence electrons. The Morgan fingerprint density at radius 2 is 1.36 bits per heavy atom. The molecule has 1 heterocycles. The van der Waals surface area contributed by atoms with Gasteiger partial charge in [0.15, 0.2) is 0 Å². The number of carboxylic acids is 1. The second-order valence-electron chi connectivity index (χ2n) is 10.5. The molecule has 0 saturated carbocycles. The van der Waals surface area contributed by atoms with E-state index in [1.165, 1.54) is 23.9 Å². The molecule has 5 aromatic carbocycles. The number of hydrogen-bond acceptors (Lipinski definition) is 4. The maximum Gasteiger partial charge on any atom is 0.416 e. The van der Waals surface area contributed by atoms with E-state index in [1.807, 2.05) is 30.3 Å². The van der Waals surface area contributed by atoms with Crippen molar-refractivity contribution in [1.29, 1.82) is 0 Å². The fourth-order valence-electron chi connectivity index (χ4n) is 5.17. The molecule has 0 aliphatic rings. The Kier molecular flexibility index (Phi) is 8.46. The number of carbonyl (C=O) groups is 1. The van der Waals surface area contributed by atoms with Gasteiger partial charge in [0.1, 0.15) is 17.2 Å². The number of fused-ring (bicyclic) bond motifs is 3. The van der Waals surface area contributed by atoms with E-state index in [-0.39, 0.29) is 6.54 Å². The molecule has 0 bridgehead atoms. The fourth-order valence-corrected chi connectivity index (χ4v) is 6.22. The van der Waals surface area contributed by atoms with Crippen LogP contribution in [-0.4, -0.2) is 22.9 Å². The number of aliphatic carboxylic acids is 1. The lowest BCUT2D eigenvalue weighted by Crippen LogP contribution is -2.38. The van der Waals surface area contributed by atoms with Gasteiger partial charge in [0.2, 0.25) is 0 Å². The fraction of sp³-hybridized carbons (Fsp3) is 0.139. The summed E-state index contributed by atoms with van der Waals surface area (Å²) in [4.78, 5) is 11.7. The zero-order chi connectivity index (χ0) is 30.7. The Balaban J connectivity index is 1.05. The van der Waals surface area contributed by atoms with Gasteiger partial charge in [-0.2, -0.15) is 24.9 Å². The molecular formula is C36H28F3NO3S. The van der Waals surface area contributed by atoms with E-state index in [2.05, 4.69) is 66.0 Å². The number of furan rings is 1. The van der Waals surface area contributed by atoms with Crippen molar-refractivity contribution in [3.63, 3.8) is 0 Å². The van der Waals surface area contributed by atoms with Gasteiger partial charge in [0, 0.05) is 34.4 Å². The number of halogens is 3. The quantitative estimate of drug-likeness (QED) is 0.162. The zero-order valence-corrected chi connectivity index (χ0v) is 24.3. The summed E-state index contributed by atoms with van der Waals surface area (Å²) in [7, 11) is 0. The standard InChI is InChI=1S/C36H28F3NO3S/c37-36(38,39)28-18-10-23(11-19-28)20-40-32(35(41)42)22-44-21-24-8-12-25(13-9-24)26-14-16-27(17-15-26)29-5-3-6-31-30-4-1-2-7-33(30)43-34(29)31/h1-19,32,40H,20-22H2,(H,41,42)/t32-/m0/s1. The first-order valence-electron chi connectivity index (χ1n) is 14.1. The molecule has 0 unspecified atom stereocenters. The van der Waals surface area contributed by atoms with Crippen LogP contribution in [0.1, 0.15) is 16.7 Å². The smallest absolute Gasteiger partial charge is 0.416 e. The summed E-state index contributed by atoms with van der Waals surface area (Å²) < 4.78 is 44.5. The van der Waals surface area contributed by atoms with Gasteiger partial charge in [-0.3, -0.25) is 10.1 Å². The summed E-state index contributed by atoms with van der Waals surface area (Å²) in [6.45, 7) is 0.163. The highest BCUT2D eigenvalue weighted by Crippen LogP contribution is 2.36. The highest BCUT2D eigenvalue weighted by molar-refractivity contribution is 7.98. The normalized spacial score (nSPS) is 12.5. The van der Waals surface area contributed by atoms with Gasteiger partial charge in [-0.1, -0.05) is 97.1 Å². The van der Waals surface area contributed by atoms with E-state index in [9.17, 15) is 23.1 Å². The van der Waals surface area contributed by atoms with E-state index in [0.29, 0.717) is 17.1 Å². The van der Waals surface area contributed by atoms with Crippen LogP contribution in [0.15, 0.2) is 120 Å². The van der Waals surface area contributed by atoms with E-state index in [0.717, 1.165) is 61.9 Å². The molecule has 0 radical (unpaired) electrons. The lowest BCUT2D eigenvalue weighted by atomic mass is 9.98. The molecule has 0 amide bonds. The predicted molar refractivity (Wildman–Crippen MR) is 170 cm³/mol. The zero-order valence-electron chi connectivity index (χ0n) is 23.5. The van der Waals surface area contributed by atoms with Crippen LogP contribution in [0.25, 0.3) is 44.2 Å². The first kappa shape index (κ1) is 29.5. The van der Waals surface area contributed by atoms with Crippen molar-refractivity contribution in [2.75, 3.05) is 5.75 Å². The highest BCUT2D eigenvalue weighted by Gasteiger charge is 2.30. The van der Waals surface area contributed by atoms with Crippen LogP contribution < -0.4 is 5.32 Å². The van der Waals surface area contributed by atoms with Crippen molar-refractivity contribution < 1.29 is 27.5 Å². The monoisotopic (exact) mass is 611 g/mol. The summed E-state index contributed by atoms with van der Waals surface area (Å²) >= 11 is 1.49. The van der Waals surface area contributed by atoms with E-state index in [1.54, 1.807) is 0 Å². The first-order chi connectivity index (χ1) is 21.3. The minimum absolute atomic E-state index is 0.163. The maximum absolute atomic E-state index is 12.8. The third kappa shape index (κ3) is 6.51. The molecule has 4 nitrogen and oxygen atoms in total. The Bertz CT molecular complexity index is 1900. The summed E-state index contributed by atoms with van der Waals surface area (Å²) in [6.07, 6.45) is -4.40. The van der Waals surface area contributed by atoms with Crippen LogP contribution in [0, 0.1) is 0 Å². The van der Waals surface area contributed by atoms with Crippen molar-refractivity contribution in [1.82, 2.24) is 5.32 Å². The number of carboxylic acid groups (broad SMARTS) is 1. The number of nitrogens with one attached hydrogen (secondary N) is 1. The minimum Gasteiger partial charge on any atom is -0.480 e. The van der Waals surface area contributed by atoms with Crippen LogP contribution in [0.4, 0.5) is 13.2 Å². The Morgan fingerprint density at radius 3 is 2.05 bits per heavy atom. The molecule has 8 heteroatoms. The van der Waals surface area contributed by atoms with Gasteiger partial charge in [0.05, 0.1) is 5.56 Å². The van der Waals surface area contributed by atoms with Gasteiger partial charge >= 0.3 is 12.1 Å². The van der Waals surface area contributed by atoms with Crippen LogP contribution in [0.5, 0.6) is 0 Å². The molecule has 1 atom stereocenters. The lowest BCUT2D eigenvalue weighted by Gasteiger charge is -2.15. The minimum atomic E-state index is -4.40. The Morgan fingerprint density at radius 1 is 0.750 bits per heavy atom. The first-order valence-corrected chi connectivity index (χ1v) is 15.2.